The van der Waals surface area contributed by atoms with Crippen LogP contribution in [0.2, 0.25) is 0 Å². The van der Waals surface area contributed by atoms with Crippen LogP contribution < -0.4 is 5.32 Å². The average Bonchev–Trinajstić information content (AvgIpc) is 2.65. The lowest BCUT2D eigenvalue weighted by atomic mass is 10.0. The lowest BCUT2D eigenvalue weighted by molar-refractivity contribution is 0.0124. The first-order valence-electron chi connectivity index (χ1n) is 9.23. The summed E-state index contributed by atoms with van der Waals surface area (Å²) in [6.45, 7) is 8.61. The standard InChI is InChI=1S/C21H28N2O2/c1-16(2)14-18(23-10-12-25-13-11-23)15-22-21(24)20-9-5-7-17-6-3-4-8-19(17)20/h3-9,16,18H,10-15H2,1-2H3,(H,22,24). The Morgan fingerprint density at radius 3 is 2.60 bits per heavy atom. The van der Waals surface area contributed by atoms with Crippen LogP contribution in [0, 0.1) is 5.92 Å². The molecule has 3 rings (SSSR count). The molecule has 4 nitrogen and oxygen atoms in total. The first kappa shape index (κ1) is 17.9. The van der Waals surface area contributed by atoms with E-state index in [4.69, 9.17) is 4.74 Å². The highest BCUT2D eigenvalue weighted by molar-refractivity contribution is 6.06. The number of nitrogens with one attached hydrogen (secondary N) is 1. The number of carbonyl (C=O) groups excluding carboxylic acids is 1. The molecule has 1 unspecified atom stereocenters. The van der Waals surface area contributed by atoms with Crippen molar-refractivity contribution < 1.29 is 9.53 Å². The second-order valence-electron chi connectivity index (χ2n) is 7.17. The summed E-state index contributed by atoms with van der Waals surface area (Å²) in [6.07, 6.45) is 1.08. The van der Waals surface area contributed by atoms with Gasteiger partial charge in [0.15, 0.2) is 0 Å². The molecule has 1 aliphatic heterocycles. The monoisotopic (exact) mass is 340 g/mol. The molecule has 0 radical (unpaired) electrons. The number of hydrogen-bond donors (Lipinski definition) is 1. The number of ether oxygens (including phenoxy) is 1. The first-order valence-corrected chi connectivity index (χ1v) is 9.23. The molecule has 1 amide bonds. The van der Waals surface area contributed by atoms with Crippen LogP contribution >= 0.6 is 0 Å². The topological polar surface area (TPSA) is 41.6 Å². The molecule has 1 aliphatic rings. The summed E-state index contributed by atoms with van der Waals surface area (Å²) in [5, 5.41) is 5.28. The molecule has 0 aromatic heterocycles. The minimum atomic E-state index is 0.0128. The highest BCUT2D eigenvalue weighted by Crippen LogP contribution is 2.19. The smallest absolute Gasteiger partial charge is 0.251 e. The van der Waals surface area contributed by atoms with Crippen molar-refractivity contribution in [1.82, 2.24) is 10.2 Å². The molecule has 134 valence electrons. The zero-order valence-corrected chi connectivity index (χ0v) is 15.2. The minimum Gasteiger partial charge on any atom is -0.379 e. The Hall–Kier alpha value is -1.91. The Kier molecular flexibility index (Phi) is 6.05. The van der Waals surface area contributed by atoms with E-state index in [1.807, 2.05) is 42.5 Å². The molecular weight excluding hydrogens is 312 g/mol. The number of hydrogen-bond acceptors (Lipinski definition) is 3. The maximum atomic E-state index is 12.8. The van der Waals surface area contributed by atoms with Gasteiger partial charge in [-0.05, 0) is 29.2 Å². The molecule has 2 aromatic rings. The van der Waals surface area contributed by atoms with Crippen molar-refractivity contribution in [1.29, 1.82) is 0 Å². The van der Waals surface area contributed by atoms with Crippen LogP contribution in [-0.2, 0) is 4.74 Å². The number of fused-ring (bicyclic) bond motifs is 1. The lowest BCUT2D eigenvalue weighted by Crippen LogP contribution is -2.49. The maximum absolute atomic E-state index is 12.8. The summed E-state index contributed by atoms with van der Waals surface area (Å²) in [5.74, 6) is 0.612. The predicted molar refractivity (Wildman–Crippen MR) is 102 cm³/mol. The summed E-state index contributed by atoms with van der Waals surface area (Å²) in [4.78, 5) is 15.2. The summed E-state index contributed by atoms with van der Waals surface area (Å²) in [5.41, 5.74) is 0.753. The Morgan fingerprint density at radius 1 is 1.12 bits per heavy atom. The largest absolute Gasteiger partial charge is 0.379 e. The molecule has 0 saturated carbocycles. The van der Waals surface area contributed by atoms with Crippen molar-refractivity contribution in [2.24, 2.45) is 5.92 Å². The molecule has 1 fully saturated rings. The predicted octanol–water partition coefficient (Wildman–Crippen LogP) is 3.32. The Labute approximate surface area is 150 Å². The second-order valence-corrected chi connectivity index (χ2v) is 7.17. The van der Waals surface area contributed by atoms with Gasteiger partial charge in [0.2, 0.25) is 0 Å². The highest BCUT2D eigenvalue weighted by atomic mass is 16.5. The number of nitrogens with zero attached hydrogens (tertiary/aromatic N) is 1. The van der Waals surface area contributed by atoms with Crippen molar-refractivity contribution >= 4 is 16.7 Å². The van der Waals surface area contributed by atoms with Crippen LogP contribution in [0.3, 0.4) is 0 Å². The molecule has 0 bridgehead atoms. The zero-order chi connectivity index (χ0) is 17.6. The van der Waals surface area contributed by atoms with Crippen molar-refractivity contribution in [3.05, 3.63) is 48.0 Å². The third kappa shape index (κ3) is 4.59. The minimum absolute atomic E-state index is 0.0128. The molecule has 25 heavy (non-hydrogen) atoms. The summed E-state index contributed by atoms with van der Waals surface area (Å²) in [7, 11) is 0. The second kappa shape index (κ2) is 8.45. The van der Waals surface area contributed by atoms with E-state index in [9.17, 15) is 4.79 Å². The summed E-state index contributed by atoms with van der Waals surface area (Å²) in [6, 6.07) is 14.3. The Balaban J connectivity index is 1.69. The number of carbonyl (C=O) groups is 1. The van der Waals surface area contributed by atoms with Gasteiger partial charge in [-0.25, -0.2) is 0 Å². The van der Waals surface area contributed by atoms with E-state index < -0.39 is 0 Å². The fraction of sp³-hybridized carbons (Fsp3) is 0.476. The van der Waals surface area contributed by atoms with Gasteiger partial charge in [0, 0.05) is 31.2 Å². The molecule has 1 atom stereocenters. The van der Waals surface area contributed by atoms with Gasteiger partial charge in [-0.15, -0.1) is 0 Å². The van der Waals surface area contributed by atoms with Crippen molar-refractivity contribution in [2.75, 3.05) is 32.8 Å². The fourth-order valence-corrected chi connectivity index (χ4v) is 3.58. The molecule has 0 aliphatic carbocycles. The number of rotatable bonds is 6. The zero-order valence-electron chi connectivity index (χ0n) is 15.2. The van der Waals surface area contributed by atoms with Crippen LogP contribution in [0.5, 0.6) is 0 Å². The Bertz CT molecular complexity index is 703. The first-order chi connectivity index (χ1) is 12.1. The van der Waals surface area contributed by atoms with Gasteiger partial charge in [-0.3, -0.25) is 9.69 Å². The fourth-order valence-electron chi connectivity index (χ4n) is 3.58. The SMILES string of the molecule is CC(C)CC(CNC(=O)c1cccc2ccccc12)N1CCOCC1. The van der Waals surface area contributed by atoms with Crippen molar-refractivity contribution in [3.63, 3.8) is 0 Å². The van der Waals surface area contributed by atoms with Gasteiger partial charge in [0.1, 0.15) is 0 Å². The van der Waals surface area contributed by atoms with Gasteiger partial charge in [-0.1, -0.05) is 50.2 Å². The van der Waals surface area contributed by atoms with Gasteiger partial charge >= 0.3 is 0 Å². The quantitative estimate of drug-likeness (QED) is 0.877. The Morgan fingerprint density at radius 2 is 1.84 bits per heavy atom. The van der Waals surface area contributed by atoms with Gasteiger partial charge in [0.25, 0.3) is 5.91 Å². The highest BCUT2D eigenvalue weighted by Gasteiger charge is 2.22. The van der Waals surface area contributed by atoms with Crippen LogP contribution in [0.1, 0.15) is 30.6 Å². The van der Waals surface area contributed by atoms with Crippen LogP contribution in [0.4, 0.5) is 0 Å². The molecule has 2 aromatic carbocycles. The third-order valence-electron chi connectivity index (χ3n) is 4.84. The molecule has 4 heteroatoms. The van der Waals surface area contributed by atoms with Gasteiger partial charge in [0.05, 0.1) is 13.2 Å². The van der Waals surface area contributed by atoms with E-state index in [0.717, 1.165) is 49.1 Å². The number of amides is 1. The van der Waals surface area contributed by atoms with E-state index in [1.54, 1.807) is 0 Å². The van der Waals surface area contributed by atoms with Crippen LogP contribution in [0.15, 0.2) is 42.5 Å². The van der Waals surface area contributed by atoms with E-state index in [0.29, 0.717) is 18.5 Å². The van der Waals surface area contributed by atoms with Crippen molar-refractivity contribution in [3.8, 4) is 0 Å². The van der Waals surface area contributed by atoms with Gasteiger partial charge in [-0.2, -0.15) is 0 Å². The van der Waals surface area contributed by atoms with Crippen molar-refractivity contribution in [2.45, 2.75) is 26.3 Å². The van der Waals surface area contributed by atoms with E-state index in [2.05, 4.69) is 24.1 Å². The normalized spacial score (nSPS) is 16.9. The third-order valence-corrected chi connectivity index (χ3v) is 4.84. The van der Waals surface area contributed by atoms with E-state index in [1.165, 1.54) is 0 Å². The maximum Gasteiger partial charge on any atom is 0.251 e. The molecular formula is C21H28N2O2. The average molecular weight is 340 g/mol. The number of benzene rings is 2. The molecule has 1 heterocycles. The molecule has 0 spiro atoms. The van der Waals surface area contributed by atoms with E-state index in [-0.39, 0.29) is 5.91 Å². The number of morpholine rings is 1. The van der Waals surface area contributed by atoms with Gasteiger partial charge < -0.3 is 10.1 Å². The van der Waals surface area contributed by atoms with E-state index >= 15 is 0 Å². The summed E-state index contributed by atoms with van der Waals surface area (Å²) < 4.78 is 5.47. The summed E-state index contributed by atoms with van der Waals surface area (Å²) >= 11 is 0. The lowest BCUT2D eigenvalue weighted by Gasteiger charge is -2.35. The molecule has 1 N–H and O–H groups in total. The van der Waals surface area contributed by atoms with Crippen LogP contribution in [-0.4, -0.2) is 49.7 Å². The van der Waals surface area contributed by atoms with Crippen LogP contribution in [0.25, 0.3) is 10.8 Å². The molecule has 1 saturated heterocycles.